The van der Waals surface area contributed by atoms with Crippen molar-refractivity contribution in [2.24, 2.45) is 0 Å². The van der Waals surface area contributed by atoms with E-state index >= 15 is 0 Å². The molecule has 150 valence electrons. The summed E-state index contributed by atoms with van der Waals surface area (Å²) in [6, 6.07) is -0.818. The number of hydrogen-bond acceptors (Lipinski definition) is 10. The van der Waals surface area contributed by atoms with Gasteiger partial charge in [0.25, 0.3) is 0 Å². The average Bonchev–Trinajstić information content (AvgIpc) is 2.52. The lowest BCUT2D eigenvalue weighted by Gasteiger charge is -2.52. The Balaban J connectivity index is 2.50. The van der Waals surface area contributed by atoms with Crippen LogP contribution in [0.3, 0.4) is 0 Å². The van der Waals surface area contributed by atoms with Gasteiger partial charge in [-0.15, -0.1) is 0 Å². The van der Waals surface area contributed by atoms with Crippen molar-refractivity contribution in [1.29, 1.82) is 0 Å². The van der Waals surface area contributed by atoms with Crippen LogP contribution >= 0.6 is 0 Å². The van der Waals surface area contributed by atoms with Gasteiger partial charge in [0.2, 0.25) is 0 Å². The first kappa shape index (κ1) is 20.5. The van der Waals surface area contributed by atoms with Gasteiger partial charge < -0.3 is 29.0 Å². The lowest BCUT2D eigenvalue weighted by molar-refractivity contribution is -0.245. The van der Waals surface area contributed by atoms with Crippen LogP contribution < -0.4 is 5.32 Å². The fraction of sp³-hybridized carbons (Fsp3) is 0.688. The summed E-state index contributed by atoms with van der Waals surface area (Å²) < 4.78 is 26.1. The molecule has 5 atom stereocenters. The molecule has 5 unspecified atom stereocenters. The summed E-state index contributed by atoms with van der Waals surface area (Å²) in [7, 11) is 0. The number of hydrogen-bond donors (Lipinski definition) is 1. The molecule has 0 aromatic carbocycles. The number of carbonyl (C=O) groups excluding carboxylic acids is 5. The Labute approximate surface area is 154 Å². The van der Waals surface area contributed by atoms with Crippen molar-refractivity contribution < 1.29 is 47.7 Å². The number of nitrogens with one attached hydrogen (secondary N) is 1. The second-order valence-electron chi connectivity index (χ2n) is 6.37. The quantitative estimate of drug-likeness (QED) is 0.488. The van der Waals surface area contributed by atoms with Crippen molar-refractivity contribution in [1.82, 2.24) is 5.32 Å². The van der Waals surface area contributed by atoms with E-state index < -0.39 is 66.5 Å². The molecule has 0 aromatic heterocycles. The number of alkyl carbamates (subject to hydrolysis) is 1. The summed E-state index contributed by atoms with van der Waals surface area (Å²) >= 11 is 0. The molecule has 11 heteroatoms. The SMILES string of the molecule is CC(=O)OCC12CC(NC(=O)O1)C(OC(C)=O)C(OC(C)=O)C2OC(C)=O. The summed E-state index contributed by atoms with van der Waals surface area (Å²) in [4.78, 5) is 58.1. The third kappa shape index (κ3) is 4.66. The molecule has 2 bridgehead atoms. The van der Waals surface area contributed by atoms with E-state index in [0.29, 0.717) is 0 Å². The van der Waals surface area contributed by atoms with E-state index in [4.69, 9.17) is 23.7 Å². The minimum atomic E-state index is -1.61. The zero-order valence-electron chi connectivity index (χ0n) is 15.3. The minimum absolute atomic E-state index is 0.0142. The summed E-state index contributed by atoms with van der Waals surface area (Å²) in [5, 5.41) is 2.48. The van der Waals surface area contributed by atoms with Crippen molar-refractivity contribution in [3.05, 3.63) is 0 Å². The van der Waals surface area contributed by atoms with E-state index in [1.807, 2.05) is 0 Å². The van der Waals surface area contributed by atoms with E-state index in [0.717, 1.165) is 27.7 Å². The molecule has 2 aliphatic rings. The minimum Gasteiger partial charge on any atom is -0.461 e. The zero-order valence-corrected chi connectivity index (χ0v) is 15.3. The first-order valence-corrected chi connectivity index (χ1v) is 8.18. The number of amides is 1. The second-order valence-corrected chi connectivity index (χ2v) is 6.37. The largest absolute Gasteiger partial charge is 0.461 e. The fourth-order valence-corrected chi connectivity index (χ4v) is 3.31. The lowest BCUT2D eigenvalue weighted by atomic mass is 9.74. The summed E-state index contributed by atoms with van der Waals surface area (Å²) in [6.07, 6.45) is -4.67. The molecule has 1 amide bonds. The summed E-state index contributed by atoms with van der Waals surface area (Å²) in [6.45, 7) is 4.10. The Kier molecular flexibility index (Phi) is 5.91. The smallest absolute Gasteiger partial charge is 0.408 e. The molecule has 11 nitrogen and oxygen atoms in total. The monoisotopic (exact) mass is 387 g/mol. The van der Waals surface area contributed by atoms with Crippen LogP contribution in [-0.4, -0.2) is 66.5 Å². The third-order valence-electron chi connectivity index (χ3n) is 4.12. The second kappa shape index (κ2) is 7.80. The van der Waals surface area contributed by atoms with Crippen molar-refractivity contribution in [3.63, 3.8) is 0 Å². The van der Waals surface area contributed by atoms with Gasteiger partial charge in [-0.05, 0) is 0 Å². The van der Waals surface area contributed by atoms with Crippen LogP contribution in [0.1, 0.15) is 34.1 Å². The van der Waals surface area contributed by atoms with E-state index in [9.17, 15) is 24.0 Å². The van der Waals surface area contributed by atoms with Gasteiger partial charge in [0.1, 0.15) is 6.61 Å². The van der Waals surface area contributed by atoms with Gasteiger partial charge in [-0.2, -0.15) is 0 Å². The molecular formula is C16H21NO10. The molecule has 2 fully saturated rings. The fourth-order valence-electron chi connectivity index (χ4n) is 3.31. The number of fused-ring (bicyclic) bond motifs is 2. The summed E-state index contributed by atoms with van der Waals surface area (Å²) in [5.74, 6) is -2.83. The molecule has 1 aliphatic carbocycles. The summed E-state index contributed by atoms with van der Waals surface area (Å²) in [5.41, 5.74) is -1.61. The molecule has 0 spiro atoms. The Morgan fingerprint density at radius 2 is 1.52 bits per heavy atom. The number of rotatable bonds is 5. The molecule has 0 aromatic rings. The molecule has 0 radical (unpaired) electrons. The first-order chi connectivity index (χ1) is 12.5. The Morgan fingerprint density at radius 3 is 2.04 bits per heavy atom. The van der Waals surface area contributed by atoms with Gasteiger partial charge >= 0.3 is 30.0 Å². The highest BCUT2D eigenvalue weighted by atomic mass is 16.7. The van der Waals surface area contributed by atoms with Crippen LogP contribution in [0.15, 0.2) is 0 Å². The van der Waals surface area contributed by atoms with Crippen LogP contribution in [0.4, 0.5) is 4.79 Å². The molecule has 1 saturated heterocycles. The van der Waals surface area contributed by atoms with Crippen LogP contribution in [-0.2, 0) is 42.9 Å². The maximum atomic E-state index is 12.1. The lowest BCUT2D eigenvalue weighted by Crippen LogP contribution is -2.74. The standard InChI is InChI=1S/C16H21NO10/c1-7(18)23-6-16-5-11(17-15(22)27-16)12(24-8(2)19)13(25-9(3)20)14(16)26-10(4)21/h11-14H,5-6H2,1-4H3,(H,17,22). The van der Waals surface area contributed by atoms with Gasteiger partial charge in [0, 0.05) is 34.1 Å². The predicted molar refractivity (Wildman–Crippen MR) is 84.0 cm³/mol. The van der Waals surface area contributed by atoms with Gasteiger partial charge in [0.05, 0.1) is 6.04 Å². The van der Waals surface area contributed by atoms with Crippen LogP contribution in [0, 0.1) is 0 Å². The molecular weight excluding hydrogens is 366 g/mol. The van der Waals surface area contributed by atoms with Crippen molar-refractivity contribution >= 4 is 30.0 Å². The van der Waals surface area contributed by atoms with Crippen LogP contribution in [0.5, 0.6) is 0 Å². The normalized spacial score (nSPS) is 31.6. The van der Waals surface area contributed by atoms with Crippen molar-refractivity contribution in [3.8, 4) is 0 Å². The van der Waals surface area contributed by atoms with Crippen molar-refractivity contribution in [2.75, 3.05) is 6.61 Å². The highest BCUT2D eigenvalue weighted by Crippen LogP contribution is 2.40. The average molecular weight is 387 g/mol. The van der Waals surface area contributed by atoms with E-state index in [2.05, 4.69) is 5.32 Å². The first-order valence-electron chi connectivity index (χ1n) is 8.18. The maximum Gasteiger partial charge on any atom is 0.408 e. The molecule has 2 rings (SSSR count). The molecule has 1 saturated carbocycles. The van der Waals surface area contributed by atoms with Gasteiger partial charge in [0.15, 0.2) is 23.9 Å². The van der Waals surface area contributed by atoms with E-state index in [1.54, 1.807) is 0 Å². The van der Waals surface area contributed by atoms with Gasteiger partial charge in [-0.3, -0.25) is 19.2 Å². The van der Waals surface area contributed by atoms with Gasteiger partial charge in [-0.1, -0.05) is 0 Å². The Hall–Kier alpha value is -2.85. The zero-order chi connectivity index (χ0) is 20.4. The van der Waals surface area contributed by atoms with Crippen LogP contribution in [0.25, 0.3) is 0 Å². The van der Waals surface area contributed by atoms with Gasteiger partial charge in [-0.25, -0.2) is 4.79 Å². The topological polar surface area (TPSA) is 144 Å². The number of esters is 4. The highest BCUT2D eigenvalue weighted by Gasteiger charge is 2.64. The number of ether oxygens (including phenoxy) is 5. The number of carbonyl (C=O) groups is 5. The van der Waals surface area contributed by atoms with Crippen LogP contribution in [0.2, 0.25) is 0 Å². The maximum absolute atomic E-state index is 12.1. The third-order valence-corrected chi connectivity index (χ3v) is 4.12. The molecule has 1 heterocycles. The van der Waals surface area contributed by atoms with E-state index in [1.165, 1.54) is 0 Å². The Morgan fingerprint density at radius 1 is 0.963 bits per heavy atom. The molecule has 1 N–H and O–H groups in total. The highest BCUT2D eigenvalue weighted by molar-refractivity contribution is 5.72. The Bertz CT molecular complexity index is 662. The van der Waals surface area contributed by atoms with E-state index in [-0.39, 0.29) is 6.42 Å². The van der Waals surface area contributed by atoms with Crippen molar-refractivity contribution in [2.45, 2.75) is 64.1 Å². The molecule has 27 heavy (non-hydrogen) atoms. The predicted octanol–water partition coefficient (Wildman–Crippen LogP) is -0.404. The molecule has 1 aliphatic heterocycles.